The summed E-state index contributed by atoms with van der Waals surface area (Å²) in [5.41, 5.74) is 0.705. The first-order valence-electron chi connectivity index (χ1n) is 4.93. The summed E-state index contributed by atoms with van der Waals surface area (Å²) in [6, 6.07) is 3.10. The van der Waals surface area contributed by atoms with E-state index in [4.69, 9.17) is 9.47 Å². The van der Waals surface area contributed by atoms with Gasteiger partial charge in [0.15, 0.2) is 21.2 Å². The van der Waals surface area contributed by atoms with Crippen molar-refractivity contribution in [2.45, 2.75) is 11.3 Å². The van der Waals surface area contributed by atoms with E-state index < -0.39 is 9.84 Å². The number of nitrogens with one attached hydrogen (secondary N) is 1. The molecule has 7 heteroatoms. The van der Waals surface area contributed by atoms with Gasteiger partial charge in [0.1, 0.15) is 0 Å². The van der Waals surface area contributed by atoms with Crippen molar-refractivity contribution in [3.8, 4) is 0 Å². The van der Waals surface area contributed by atoms with Crippen LogP contribution >= 0.6 is 0 Å². The summed E-state index contributed by atoms with van der Waals surface area (Å²) in [6.07, 6.45) is 2.22. The summed E-state index contributed by atoms with van der Waals surface area (Å²) in [7, 11) is -0.163. The lowest BCUT2D eigenvalue weighted by Crippen LogP contribution is -2.23. The molecule has 0 bridgehead atoms. The van der Waals surface area contributed by atoms with E-state index in [2.05, 4.69) is 10.3 Å². The average molecular weight is 260 g/mol. The van der Waals surface area contributed by atoms with Gasteiger partial charge >= 0.3 is 0 Å². The zero-order valence-electron chi connectivity index (χ0n) is 10.0. The summed E-state index contributed by atoms with van der Waals surface area (Å²) in [5.74, 6) is 0. The predicted octanol–water partition coefficient (Wildman–Crippen LogP) is 0.516. The first-order valence-corrected chi connectivity index (χ1v) is 6.82. The van der Waals surface area contributed by atoms with Crippen molar-refractivity contribution < 1.29 is 17.9 Å². The van der Waals surface area contributed by atoms with E-state index in [1.807, 2.05) is 0 Å². The molecule has 1 aromatic rings. The molecule has 0 unspecified atom stereocenters. The van der Waals surface area contributed by atoms with Gasteiger partial charge in [-0.15, -0.1) is 0 Å². The number of sulfone groups is 1. The molecule has 17 heavy (non-hydrogen) atoms. The molecule has 0 atom stereocenters. The van der Waals surface area contributed by atoms with Crippen LogP contribution in [0.2, 0.25) is 0 Å². The first-order chi connectivity index (χ1) is 7.97. The number of hydrogen-bond acceptors (Lipinski definition) is 6. The Morgan fingerprint density at radius 2 is 2.00 bits per heavy atom. The molecule has 0 aliphatic heterocycles. The molecular formula is C10H16N2O4S. The fourth-order valence-electron chi connectivity index (χ4n) is 1.17. The van der Waals surface area contributed by atoms with Crippen molar-refractivity contribution in [3.05, 3.63) is 18.3 Å². The Bertz CT molecular complexity index is 440. The van der Waals surface area contributed by atoms with Gasteiger partial charge in [-0.05, 0) is 12.1 Å². The van der Waals surface area contributed by atoms with Crippen molar-refractivity contribution in [2.75, 3.05) is 32.3 Å². The zero-order chi connectivity index (χ0) is 12.9. The molecule has 0 aliphatic carbocycles. The molecule has 1 N–H and O–H groups in total. The monoisotopic (exact) mass is 260 g/mol. The highest BCUT2D eigenvalue weighted by Gasteiger charge is 2.08. The van der Waals surface area contributed by atoms with Crippen molar-refractivity contribution in [1.29, 1.82) is 0 Å². The number of hydrogen-bond donors (Lipinski definition) is 1. The first kappa shape index (κ1) is 13.9. The minimum absolute atomic E-state index is 0.0538. The predicted molar refractivity (Wildman–Crippen MR) is 63.6 cm³/mol. The molecule has 0 spiro atoms. The molecule has 0 amide bonds. The minimum Gasteiger partial charge on any atom is -0.379 e. The fraction of sp³-hybridized carbons (Fsp3) is 0.500. The van der Waals surface area contributed by atoms with Gasteiger partial charge in [-0.2, -0.15) is 0 Å². The molecule has 1 heterocycles. The Morgan fingerprint density at radius 1 is 1.35 bits per heavy atom. The van der Waals surface area contributed by atoms with E-state index in [9.17, 15) is 8.42 Å². The normalized spacial score (nSPS) is 11.8. The van der Waals surface area contributed by atoms with Gasteiger partial charge in [0.25, 0.3) is 0 Å². The van der Waals surface area contributed by atoms with Gasteiger partial charge in [0.2, 0.25) is 0 Å². The second-order valence-electron chi connectivity index (χ2n) is 3.44. The van der Waals surface area contributed by atoms with Gasteiger partial charge in [0.05, 0.1) is 18.4 Å². The summed E-state index contributed by atoms with van der Waals surface area (Å²) < 4.78 is 32.4. The van der Waals surface area contributed by atoms with Crippen molar-refractivity contribution in [3.63, 3.8) is 0 Å². The number of ether oxygens (including phenoxy) is 2. The molecule has 1 aromatic heterocycles. The van der Waals surface area contributed by atoms with Crippen LogP contribution in [-0.4, -0.2) is 46.7 Å². The zero-order valence-corrected chi connectivity index (χ0v) is 10.8. The second kappa shape index (κ2) is 5.95. The maximum Gasteiger partial charge on any atom is 0.192 e. The highest BCUT2D eigenvalue weighted by Crippen LogP contribution is 2.10. The minimum atomic E-state index is -3.25. The van der Waals surface area contributed by atoms with Gasteiger partial charge < -0.3 is 14.8 Å². The van der Waals surface area contributed by atoms with E-state index in [1.54, 1.807) is 20.3 Å². The summed E-state index contributed by atoms with van der Waals surface area (Å²) in [5, 5.41) is 3.07. The van der Waals surface area contributed by atoms with E-state index in [0.717, 1.165) is 6.26 Å². The van der Waals surface area contributed by atoms with Gasteiger partial charge in [-0.1, -0.05) is 0 Å². The lowest BCUT2D eigenvalue weighted by molar-refractivity contribution is -0.0914. The Balaban J connectivity index is 2.63. The van der Waals surface area contributed by atoms with Crippen LogP contribution in [0.1, 0.15) is 0 Å². The number of pyridine rings is 1. The van der Waals surface area contributed by atoms with Crippen LogP contribution in [0.4, 0.5) is 5.69 Å². The Kier molecular flexibility index (Phi) is 4.86. The van der Waals surface area contributed by atoms with Crippen LogP contribution in [0.15, 0.2) is 23.4 Å². The van der Waals surface area contributed by atoms with Crippen LogP contribution in [0.3, 0.4) is 0 Å². The SMILES string of the molecule is COC(CNc1ccc(S(C)(=O)=O)nc1)OC. The highest BCUT2D eigenvalue weighted by atomic mass is 32.2. The van der Waals surface area contributed by atoms with Crippen molar-refractivity contribution in [1.82, 2.24) is 4.98 Å². The Labute approximate surface area is 101 Å². The van der Waals surface area contributed by atoms with Crippen LogP contribution in [0.25, 0.3) is 0 Å². The van der Waals surface area contributed by atoms with E-state index in [-0.39, 0.29) is 11.3 Å². The third kappa shape index (κ3) is 4.29. The van der Waals surface area contributed by atoms with Gasteiger partial charge in [0, 0.05) is 20.5 Å². The molecule has 0 aromatic carbocycles. The topological polar surface area (TPSA) is 77.5 Å². The van der Waals surface area contributed by atoms with Gasteiger partial charge in [-0.3, -0.25) is 0 Å². The van der Waals surface area contributed by atoms with Gasteiger partial charge in [-0.25, -0.2) is 13.4 Å². The fourth-order valence-corrected chi connectivity index (χ4v) is 1.73. The van der Waals surface area contributed by atoms with Crippen LogP contribution < -0.4 is 5.32 Å². The molecule has 0 fully saturated rings. The smallest absolute Gasteiger partial charge is 0.192 e. The number of rotatable bonds is 6. The molecule has 6 nitrogen and oxygen atoms in total. The molecule has 0 saturated carbocycles. The van der Waals surface area contributed by atoms with Crippen LogP contribution in [0, 0.1) is 0 Å². The largest absolute Gasteiger partial charge is 0.379 e. The number of aromatic nitrogens is 1. The van der Waals surface area contributed by atoms with Crippen molar-refractivity contribution in [2.24, 2.45) is 0 Å². The van der Waals surface area contributed by atoms with E-state index in [0.29, 0.717) is 12.2 Å². The molecule has 96 valence electrons. The maximum atomic E-state index is 11.2. The summed E-state index contributed by atoms with van der Waals surface area (Å²) in [4.78, 5) is 3.85. The third-order valence-corrected chi connectivity index (χ3v) is 3.12. The quantitative estimate of drug-likeness (QED) is 0.751. The lowest BCUT2D eigenvalue weighted by atomic mass is 10.4. The second-order valence-corrected chi connectivity index (χ2v) is 5.40. The average Bonchev–Trinajstić information content (AvgIpc) is 2.30. The molecule has 1 rings (SSSR count). The Hall–Kier alpha value is -1.18. The standard InChI is InChI=1S/C10H16N2O4S/c1-15-10(16-2)7-11-8-4-5-9(12-6-8)17(3,13)14/h4-6,10-11H,7H2,1-3H3. The van der Waals surface area contributed by atoms with Crippen molar-refractivity contribution >= 4 is 15.5 Å². The molecule has 0 saturated heterocycles. The number of methoxy groups -OCH3 is 2. The third-order valence-electron chi connectivity index (χ3n) is 2.11. The van der Waals surface area contributed by atoms with E-state index >= 15 is 0 Å². The lowest BCUT2D eigenvalue weighted by Gasteiger charge is -2.14. The molecule has 0 radical (unpaired) electrons. The molecule has 0 aliphatic rings. The Morgan fingerprint density at radius 3 is 2.41 bits per heavy atom. The highest BCUT2D eigenvalue weighted by molar-refractivity contribution is 7.90. The summed E-state index contributed by atoms with van der Waals surface area (Å²) in [6.45, 7) is 0.451. The van der Waals surface area contributed by atoms with E-state index in [1.165, 1.54) is 12.3 Å². The number of anilines is 1. The van der Waals surface area contributed by atoms with Crippen LogP contribution in [-0.2, 0) is 19.3 Å². The maximum absolute atomic E-state index is 11.2. The molecular weight excluding hydrogens is 244 g/mol. The van der Waals surface area contributed by atoms with Crippen LogP contribution in [0.5, 0.6) is 0 Å². The number of nitrogens with zero attached hydrogens (tertiary/aromatic N) is 1. The summed E-state index contributed by atoms with van der Waals surface area (Å²) >= 11 is 0.